The van der Waals surface area contributed by atoms with Crippen LogP contribution in [0.1, 0.15) is 19.8 Å². The molecule has 0 saturated carbocycles. The third kappa shape index (κ3) is 2.72. The van der Waals surface area contributed by atoms with Gasteiger partial charge in [-0.1, -0.05) is 4.47 Å². The SMILES string of the molecule is CC(C(=O)N(C)C)S(=O)(=O)N1CCCCO1. The molecule has 94 valence electrons. The quantitative estimate of drug-likeness (QED) is 0.697. The van der Waals surface area contributed by atoms with Gasteiger partial charge in [0, 0.05) is 20.6 Å². The second kappa shape index (κ2) is 5.11. The summed E-state index contributed by atoms with van der Waals surface area (Å²) in [5, 5.41) is -1.10. The number of hydrogen-bond donors (Lipinski definition) is 0. The van der Waals surface area contributed by atoms with Crippen LogP contribution in [0.25, 0.3) is 0 Å². The minimum absolute atomic E-state index is 0.327. The minimum Gasteiger partial charge on any atom is -0.348 e. The Morgan fingerprint density at radius 2 is 2.00 bits per heavy atom. The van der Waals surface area contributed by atoms with Gasteiger partial charge < -0.3 is 4.90 Å². The Labute approximate surface area is 96.2 Å². The molecule has 1 heterocycles. The molecule has 16 heavy (non-hydrogen) atoms. The van der Waals surface area contributed by atoms with Gasteiger partial charge in [0.25, 0.3) is 0 Å². The Morgan fingerprint density at radius 1 is 1.38 bits per heavy atom. The number of amides is 1. The van der Waals surface area contributed by atoms with Crippen LogP contribution < -0.4 is 0 Å². The Bertz CT molecular complexity index is 347. The first-order chi connectivity index (χ1) is 7.37. The molecule has 0 aromatic rings. The average Bonchev–Trinajstić information content (AvgIpc) is 2.28. The van der Waals surface area contributed by atoms with E-state index in [-0.39, 0.29) is 0 Å². The first-order valence-corrected chi connectivity index (χ1v) is 6.73. The number of sulfonamides is 1. The maximum absolute atomic E-state index is 12.0. The molecule has 1 amide bonds. The lowest BCUT2D eigenvalue weighted by atomic mass is 10.3. The first-order valence-electron chi connectivity index (χ1n) is 5.23. The zero-order valence-electron chi connectivity index (χ0n) is 9.84. The molecule has 1 saturated heterocycles. The molecule has 1 atom stereocenters. The van der Waals surface area contributed by atoms with Crippen LogP contribution in [-0.2, 0) is 19.7 Å². The van der Waals surface area contributed by atoms with Crippen LogP contribution in [0.2, 0.25) is 0 Å². The highest BCUT2D eigenvalue weighted by Gasteiger charge is 2.36. The van der Waals surface area contributed by atoms with Gasteiger partial charge in [-0.05, 0) is 19.8 Å². The fourth-order valence-electron chi connectivity index (χ4n) is 1.44. The van der Waals surface area contributed by atoms with Crippen molar-refractivity contribution in [2.24, 2.45) is 0 Å². The lowest BCUT2D eigenvalue weighted by molar-refractivity contribution is -0.129. The highest BCUT2D eigenvalue weighted by molar-refractivity contribution is 7.90. The van der Waals surface area contributed by atoms with E-state index in [2.05, 4.69) is 0 Å². The summed E-state index contributed by atoms with van der Waals surface area (Å²) in [5.74, 6) is -0.436. The molecule has 7 heteroatoms. The lowest BCUT2D eigenvalue weighted by Gasteiger charge is -2.28. The Morgan fingerprint density at radius 3 is 2.44 bits per heavy atom. The van der Waals surface area contributed by atoms with E-state index >= 15 is 0 Å². The molecule has 1 aliphatic rings. The summed E-state index contributed by atoms with van der Waals surface area (Å²) in [7, 11) is -0.620. The summed E-state index contributed by atoms with van der Waals surface area (Å²) < 4.78 is 24.9. The van der Waals surface area contributed by atoms with Gasteiger partial charge in [-0.25, -0.2) is 8.42 Å². The van der Waals surface area contributed by atoms with E-state index in [1.807, 2.05) is 0 Å². The number of hydroxylamine groups is 1. The Kier molecular flexibility index (Phi) is 4.28. The molecule has 0 radical (unpaired) electrons. The fraction of sp³-hybridized carbons (Fsp3) is 0.889. The summed E-state index contributed by atoms with van der Waals surface area (Å²) in [4.78, 5) is 17.9. The fourth-order valence-corrected chi connectivity index (χ4v) is 2.87. The molecule has 1 fully saturated rings. The number of nitrogens with zero attached hydrogens (tertiary/aromatic N) is 2. The second-order valence-corrected chi connectivity index (χ2v) is 6.13. The van der Waals surface area contributed by atoms with E-state index in [9.17, 15) is 13.2 Å². The third-order valence-electron chi connectivity index (χ3n) is 2.49. The lowest BCUT2D eigenvalue weighted by Crippen LogP contribution is -2.46. The van der Waals surface area contributed by atoms with Crippen LogP contribution in [0, 0.1) is 0 Å². The summed E-state index contributed by atoms with van der Waals surface area (Å²) >= 11 is 0. The molecule has 1 unspecified atom stereocenters. The molecule has 1 rings (SSSR count). The maximum atomic E-state index is 12.0. The van der Waals surface area contributed by atoms with Crippen molar-refractivity contribution in [2.75, 3.05) is 27.2 Å². The number of carbonyl (C=O) groups is 1. The van der Waals surface area contributed by atoms with Crippen LogP contribution in [0.5, 0.6) is 0 Å². The Balaban J connectivity index is 2.80. The smallest absolute Gasteiger partial charge is 0.247 e. The maximum Gasteiger partial charge on any atom is 0.247 e. The van der Waals surface area contributed by atoms with Crippen molar-refractivity contribution in [1.29, 1.82) is 0 Å². The summed E-state index contributed by atoms with van der Waals surface area (Å²) in [6, 6.07) is 0. The van der Waals surface area contributed by atoms with Crippen LogP contribution in [0.3, 0.4) is 0 Å². The molecule has 6 nitrogen and oxygen atoms in total. The van der Waals surface area contributed by atoms with Crippen molar-refractivity contribution in [1.82, 2.24) is 9.37 Å². The summed E-state index contributed by atoms with van der Waals surface area (Å²) in [5.41, 5.74) is 0. The van der Waals surface area contributed by atoms with E-state index < -0.39 is 21.2 Å². The van der Waals surface area contributed by atoms with Crippen LogP contribution in [0.4, 0.5) is 0 Å². The topological polar surface area (TPSA) is 66.9 Å². The highest BCUT2D eigenvalue weighted by atomic mass is 32.2. The van der Waals surface area contributed by atoms with Crippen molar-refractivity contribution in [3.05, 3.63) is 0 Å². The van der Waals surface area contributed by atoms with E-state index in [0.717, 1.165) is 17.3 Å². The molecule has 0 spiro atoms. The predicted octanol–water partition coefficient (Wildman–Crippen LogP) is -0.180. The van der Waals surface area contributed by atoms with Gasteiger partial charge in [0.1, 0.15) is 0 Å². The summed E-state index contributed by atoms with van der Waals surface area (Å²) in [6.45, 7) is 2.10. The van der Waals surface area contributed by atoms with Gasteiger partial charge in [-0.3, -0.25) is 9.63 Å². The monoisotopic (exact) mass is 250 g/mol. The van der Waals surface area contributed by atoms with Gasteiger partial charge in [-0.2, -0.15) is 0 Å². The van der Waals surface area contributed by atoms with Crippen LogP contribution in [0.15, 0.2) is 0 Å². The standard InChI is InChI=1S/C9H18N2O4S/c1-8(9(12)10(2)3)16(13,14)11-6-4-5-7-15-11/h8H,4-7H2,1-3H3. The van der Waals surface area contributed by atoms with E-state index in [1.54, 1.807) is 0 Å². The van der Waals surface area contributed by atoms with Crippen molar-refractivity contribution in [2.45, 2.75) is 25.0 Å². The molecular weight excluding hydrogens is 232 g/mol. The van der Waals surface area contributed by atoms with Gasteiger partial charge in [0.15, 0.2) is 5.25 Å². The largest absolute Gasteiger partial charge is 0.348 e. The van der Waals surface area contributed by atoms with Crippen molar-refractivity contribution in [3.63, 3.8) is 0 Å². The molecule has 0 aromatic heterocycles. The average molecular weight is 250 g/mol. The van der Waals surface area contributed by atoms with Gasteiger partial charge in [0.2, 0.25) is 15.9 Å². The van der Waals surface area contributed by atoms with E-state index in [4.69, 9.17) is 4.84 Å². The molecule has 0 aliphatic carbocycles. The van der Waals surface area contributed by atoms with Crippen LogP contribution >= 0.6 is 0 Å². The van der Waals surface area contributed by atoms with Crippen molar-refractivity contribution in [3.8, 4) is 0 Å². The Hall–Kier alpha value is -0.660. The van der Waals surface area contributed by atoms with Gasteiger partial charge >= 0.3 is 0 Å². The second-order valence-electron chi connectivity index (χ2n) is 3.99. The first kappa shape index (κ1) is 13.4. The minimum atomic E-state index is -3.69. The molecule has 0 aromatic carbocycles. The third-order valence-corrected chi connectivity index (χ3v) is 4.44. The zero-order chi connectivity index (χ0) is 12.3. The molecular formula is C9H18N2O4S. The molecule has 1 aliphatic heterocycles. The van der Waals surface area contributed by atoms with Crippen molar-refractivity contribution >= 4 is 15.9 Å². The zero-order valence-corrected chi connectivity index (χ0v) is 10.7. The van der Waals surface area contributed by atoms with Crippen molar-refractivity contribution < 1.29 is 18.0 Å². The normalized spacial score (nSPS) is 20.4. The number of carbonyl (C=O) groups excluding carboxylic acids is 1. The number of hydrogen-bond acceptors (Lipinski definition) is 4. The molecule has 0 N–H and O–H groups in total. The van der Waals surface area contributed by atoms with Gasteiger partial charge in [-0.15, -0.1) is 0 Å². The van der Waals surface area contributed by atoms with Gasteiger partial charge in [0.05, 0.1) is 6.61 Å². The predicted molar refractivity (Wildman–Crippen MR) is 59.0 cm³/mol. The molecule has 0 bridgehead atoms. The van der Waals surface area contributed by atoms with E-state index in [0.29, 0.717) is 13.2 Å². The van der Waals surface area contributed by atoms with Crippen LogP contribution in [-0.4, -0.2) is 56.2 Å². The number of rotatable bonds is 3. The summed E-state index contributed by atoms with van der Waals surface area (Å²) in [6.07, 6.45) is 1.62. The van der Waals surface area contributed by atoms with E-state index in [1.165, 1.54) is 25.9 Å². The highest BCUT2D eigenvalue weighted by Crippen LogP contribution is 2.16.